The molecular weight excluding hydrogens is 352 g/mol. The van der Waals surface area contributed by atoms with Gasteiger partial charge in [-0.25, -0.2) is 8.78 Å². The molecule has 0 spiro atoms. The van der Waals surface area contributed by atoms with Gasteiger partial charge in [0.05, 0.1) is 17.9 Å². The second-order valence-electron chi connectivity index (χ2n) is 7.03. The first-order valence-electron chi connectivity index (χ1n) is 8.63. The molecule has 0 saturated carbocycles. The van der Waals surface area contributed by atoms with Crippen LogP contribution in [0.2, 0.25) is 0 Å². The van der Waals surface area contributed by atoms with Gasteiger partial charge in [0.15, 0.2) is 0 Å². The SMILES string of the molecule is C[C@H](NCC(=O)N1c2ccccc2NC(=O)C1(C)C)c1ccc(F)cc1F. The lowest BCUT2D eigenvalue weighted by molar-refractivity contribution is -0.126. The molecule has 3 rings (SSSR count). The number of carbonyl (C=O) groups is 2. The van der Waals surface area contributed by atoms with Crippen LogP contribution >= 0.6 is 0 Å². The van der Waals surface area contributed by atoms with Gasteiger partial charge in [-0.2, -0.15) is 0 Å². The summed E-state index contributed by atoms with van der Waals surface area (Å²) in [6.45, 7) is 4.91. The number of rotatable bonds is 4. The Hall–Kier alpha value is -2.80. The van der Waals surface area contributed by atoms with Crippen molar-refractivity contribution in [1.82, 2.24) is 5.32 Å². The van der Waals surface area contributed by atoms with Crippen molar-refractivity contribution in [3.8, 4) is 0 Å². The van der Waals surface area contributed by atoms with Crippen molar-refractivity contribution >= 4 is 23.2 Å². The van der Waals surface area contributed by atoms with E-state index in [0.29, 0.717) is 11.4 Å². The lowest BCUT2D eigenvalue weighted by Gasteiger charge is -2.42. The normalized spacial score (nSPS) is 16.5. The van der Waals surface area contributed by atoms with Crippen molar-refractivity contribution in [2.45, 2.75) is 32.4 Å². The Morgan fingerprint density at radius 3 is 2.63 bits per heavy atom. The van der Waals surface area contributed by atoms with E-state index in [4.69, 9.17) is 0 Å². The molecule has 1 aliphatic heterocycles. The van der Waals surface area contributed by atoms with Crippen LogP contribution in [0.1, 0.15) is 32.4 Å². The summed E-state index contributed by atoms with van der Waals surface area (Å²) in [5, 5.41) is 5.75. The zero-order valence-corrected chi connectivity index (χ0v) is 15.3. The molecule has 1 aliphatic rings. The molecule has 1 heterocycles. The maximum absolute atomic E-state index is 13.9. The molecule has 0 saturated heterocycles. The Labute approximate surface area is 156 Å². The molecule has 0 unspecified atom stereocenters. The van der Waals surface area contributed by atoms with E-state index >= 15 is 0 Å². The molecule has 2 aromatic rings. The molecule has 2 amide bonds. The summed E-state index contributed by atoms with van der Waals surface area (Å²) in [5.41, 5.74) is 0.361. The first kappa shape index (κ1) is 19.0. The smallest absolute Gasteiger partial charge is 0.250 e. The number of halogens is 2. The van der Waals surface area contributed by atoms with E-state index in [1.54, 1.807) is 45.0 Å². The maximum atomic E-state index is 13.9. The number of hydrogen-bond acceptors (Lipinski definition) is 3. The Morgan fingerprint density at radius 1 is 1.22 bits per heavy atom. The summed E-state index contributed by atoms with van der Waals surface area (Å²) in [6, 6.07) is 9.88. The van der Waals surface area contributed by atoms with Crippen LogP contribution in [0.15, 0.2) is 42.5 Å². The lowest BCUT2D eigenvalue weighted by Crippen LogP contribution is -2.60. The van der Waals surface area contributed by atoms with Gasteiger partial charge in [0, 0.05) is 17.7 Å². The standard InChI is InChI=1S/C20H21F2N3O2/c1-12(14-9-8-13(21)10-15(14)22)23-11-18(26)25-17-7-5-4-6-16(17)24-19(27)20(25,2)3/h4-10,12,23H,11H2,1-3H3,(H,24,27)/t12-/m0/s1. The average molecular weight is 373 g/mol. The molecule has 0 aromatic heterocycles. The molecule has 2 aromatic carbocycles. The van der Waals surface area contributed by atoms with Gasteiger partial charge in [0.2, 0.25) is 11.8 Å². The van der Waals surface area contributed by atoms with Crippen LogP contribution in [0, 0.1) is 11.6 Å². The number of amides is 2. The van der Waals surface area contributed by atoms with Crippen molar-refractivity contribution in [2.75, 3.05) is 16.8 Å². The first-order valence-corrected chi connectivity index (χ1v) is 8.63. The second-order valence-corrected chi connectivity index (χ2v) is 7.03. The Balaban J connectivity index is 1.80. The number of hydrogen-bond donors (Lipinski definition) is 2. The molecule has 5 nitrogen and oxygen atoms in total. The Kier molecular flexibility index (Phi) is 4.97. The van der Waals surface area contributed by atoms with Crippen LogP contribution in [-0.2, 0) is 9.59 Å². The predicted octanol–water partition coefficient (Wildman–Crippen LogP) is 3.38. The fourth-order valence-electron chi connectivity index (χ4n) is 3.18. The van der Waals surface area contributed by atoms with Crippen molar-refractivity contribution in [3.63, 3.8) is 0 Å². The second kappa shape index (κ2) is 7.08. The largest absolute Gasteiger partial charge is 0.322 e. The highest BCUT2D eigenvalue weighted by Gasteiger charge is 2.43. The van der Waals surface area contributed by atoms with Crippen molar-refractivity contribution in [2.24, 2.45) is 0 Å². The van der Waals surface area contributed by atoms with Crippen LogP contribution in [0.5, 0.6) is 0 Å². The summed E-state index contributed by atoms with van der Waals surface area (Å²) in [6.07, 6.45) is 0. The number of nitrogens with one attached hydrogen (secondary N) is 2. The van der Waals surface area contributed by atoms with Gasteiger partial charge in [0.1, 0.15) is 17.2 Å². The summed E-state index contributed by atoms with van der Waals surface area (Å²) in [5.74, 6) is -1.94. The highest BCUT2D eigenvalue weighted by molar-refractivity contribution is 6.14. The Bertz CT molecular complexity index is 899. The van der Waals surface area contributed by atoms with E-state index in [1.807, 2.05) is 0 Å². The fraction of sp³-hybridized carbons (Fsp3) is 0.300. The Morgan fingerprint density at radius 2 is 1.93 bits per heavy atom. The summed E-state index contributed by atoms with van der Waals surface area (Å²) in [4.78, 5) is 26.8. The first-order chi connectivity index (χ1) is 12.7. The molecule has 27 heavy (non-hydrogen) atoms. The van der Waals surface area contributed by atoms with Crippen molar-refractivity contribution in [3.05, 3.63) is 59.7 Å². The number of para-hydroxylation sites is 2. The minimum atomic E-state index is -1.07. The van der Waals surface area contributed by atoms with Crippen LogP contribution in [-0.4, -0.2) is 23.9 Å². The maximum Gasteiger partial charge on any atom is 0.250 e. The van der Waals surface area contributed by atoms with Gasteiger partial charge in [0.25, 0.3) is 0 Å². The van der Waals surface area contributed by atoms with Gasteiger partial charge in [-0.15, -0.1) is 0 Å². The van der Waals surface area contributed by atoms with E-state index in [2.05, 4.69) is 10.6 Å². The molecule has 2 N–H and O–H groups in total. The van der Waals surface area contributed by atoms with Crippen LogP contribution < -0.4 is 15.5 Å². The van der Waals surface area contributed by atoms with Crippen LogP contribution in [0.3, 0.4) is 0 Å². The summed E-state index contributed by atoms with van der Waals surface area (Å²) in [7, 11) is 0. The quantitative estimate of drug-likeness (QED) is 0.864. The fourth-order valence-corrected chi connectivity index (χ4v) is 3.18. The number of anilines is 2. The molecule has 0 bridgehead atoms. The van der Waals surface area contributed by atoms with Gasteiger partial charge >= 0.3 is 0 Å². The van der Waals surface area contributed by atoms with Crippen molar-refractivity contribution < 1.29 is 18.4 Å². The molecule has 0 radical (unpaired) electrons. The van der Waals surface area contributed by atoms with Gasteiger partial charge in [-0.05, 0) is 39.0 Å². The number of carbonyl (C=O) groups excluding carboxylic acids is 2. The topological polar surface area (TPSA) is 61.4 Å². The van der Waals surface area contributed by atoms with Crippen LogP contribution in [0.4, 0.5) is 20.2 Å². The minimum Gasteiger partial charge on any atom is -0.322 e. The van der Waals surface area contributed by atoms with Gasteiger partial charge < -0.3 is 10.6 Å². The van der Waals surface area contributed by atoms with Crippen LogP contribution in [0.25, 0.3) is 0 Å². The highest BCUT2D eigenvalue weighted by Crippen LogP contribution is 2.36. The van der Waals surface area contributed by atoms with E-state index < -0.39 is 23.2 Å². The molecule has 0 fully saturated rings. The summed E-state index contributed by atoms with van der Waals surface area (Å²) < 4.78 is 27.0. The van der Waals surface area contributed by atoms with E-state index in [9.17, 15) is 18.4 Å². The van der Waals surface area contributed by atoms with Crippen molar-refractivity contribution in [1.29, 1.82) is 0 Å². The lowest BCUT2D eigenvalue weighted by atomic mass is 9.96. The molecule has 142 valence electrons. The number of nitrogens with zero attached hydrogens (tertiary/aromatic N) is 1. The third kappa shape index (κ3) is 3.55. The molecule has 1 atom stereocenters. The van der Waals surface area contributed by atoms with E-state index in [1.165, 1.54) is 17.0 Å². The zero-order chi connectivity index (χ0) is 19.8. The number of fused-ring (bicyclic) bond motifs is 1. The van der Waals surface area contributed by atoms with E-state index in [-0.39, 0.29) is 23.9 Å². The van der Waals surface area contributed by atoms with Gasteiger partial charge in [-0.3, -0.25) is 14.5 Å². The number of benzene rings is 2. The minimum absolute atomic E-state index is 0.108. The molecule has 7 heteroatoms. The summed E-state index contributed by atoms with van der Waals surface area (Å²) >= 11 is 0. The zero-order valence-electron chi connectivity index (χ0n) is 15.3. The third-order valence-corrected chi connectivity index (χ3v) is 4.75. The average Bonchev–Trinajstić information content (AvgIpc) is 2.60. The highest BCUT2D eigenvalue weighted by atomic mass is 19.1. The van der Waals surface area contributed by atoms with E-state index in [0.717, 1.165) is 6.07 Å². The predicted molar refractivity (Wildman–Crippen MR) is 99.4 cm³/mol. The molecular formula is C20H21F2N3O2. The molecule has 0 aliphatic carbocycles. The monoisotopic (exact) mass is 373 g/mol. The van der Waals surface area contributed by atoms with Gasteiger partial charge in [-0.1, -0.05) is 18.2 Å². The third-order valence-electron chi connectivity index (χ3n) is 4.75.